The van der Waals surface area contributed by atoms with Crippen molar-refractivity contribution in [3.05, 3.63) is 144 Å². The molecular weight excluding hydrogens is 480 g/mol. The van der Waals surface area contributed by atoms with Crippen molar-refractivity contribution in [2.45, 2.75) is 27.7 Å². The summed E-state index contributed by atoms with van der Waals surface area (Å²) < 4.78 is 0. The molecule has 0 spiro atoms. The average molecular weight is 513 g/mol. The first-order chi connectivity index (χ1) is 19.5. The molecule has 0 aliphatic carbocycles. The molecule has 0 unspecified atom stereocenters. The smallest absolute Gasteiger partial charge is 0.00201 e. The molecule has 0 saturated carbocycles. The minimum Gasteiger partial charge on any atom is -0.0616 e. The molecule has 7 aromatic rings. The van der Waals surface area contributed by atoms with E-state index in [-0.39, 0.29) is 0 Å². The van der Waals surface area contributed by atoms with Crippen LogP contribution in [0.3, 0.4) is 0 Å². The van der Waals surface area contributed by atoms with Gasteiger partial charge in [0.2, 0.25) is 0 Å². The Morgan fingerprint density at radius 2 is 0.750 bits per heavy atom. The molecule has 0 heteroatoms. The Balaban J connectivity index is 1.67. The van der Waals surface area contributed by atoms with Crippen molar-refractivity contribution in [3.63, 3.8) is 0 Å². The van der Waals surface area contributed by atoms with E-state index in [9.17, 15) is 0 Å². The van der Waals surface area contributed by atoms with Crippen LogP contribution in [0.2, 0.25) is 0 Å². The van der Waals surface area contributed by atoms with E-state index in [4.69, 9.17) is 0 Å². The lowest BCUT2D eigenvalue weighted by Gasteiger charge is -2.19. The lowest BCUT2D eigenvalue weighted by molar-refractivity contribution is 1.39. The summed E-state index contributed by atoms with van der Waals surface area (Å²) in [6.45, 7) is 8.76. The van der Waals surface area contributed by atoms with E-state index in [1.54, 1.807) is 0 Å². The van der Waals surface area contributed by atoms with E-state index in [1.165, 1.54) is 88.0 Å². The van der Waals surface area contributed by atoms with Crippen LogP contribution in [0.5, 0.6) is 0 Å². The first kappa shape index (κ1) is 24.4. The highest BCUT2D eigenvalue weighted by atomic mass is 14.2. The highest BCUT2D eigenvalue weighted by Gasteiger charge is 2.17. The molecule has 0 bridgehead atoms. The third-order valence-corrected chi connectivity index (χ3v) is 8.16. The van der Waals surface area contributed by atoms with E-state index in [2.05, 4.69) is 149 Å². The van der Waals surface area contributed by atoms with Crippen LogP contribution in [0, 0.1) is 27.7 Å². The molecule has 7 rings (SSSR count). The quantitative estimate of drug-likeness (QED) is 0.207. The van der Waals surface area contributed by atoms with E-state index in [0.717, 1.165) is 0 Å². The second kappa shape index (κ2) is 9.50. The molecule has 0 amide bonds. The molecule has 0 aliphatic heterocycles. The van der Waals surface area contributed by atoms with E-state index in [1.807, 2.05) is 0 Å². The van der Waals surface area contributed by atoms with Gasteiger partial charge in [-0.25, -0.2) is 0 Å². The van der Waals surface area contributed by atoms with Gasteiger partial charge in [0.1, 0.15) is 0 Å². The second-order valence-electron chi connectivity index (χ2n) is 11.3. The molecule has 0 saturated heterocycles. The zero-order valence-electron chi connectivity index (χ0n) is 23.5. The molecule has 7 aromatic carbocycles. The molecule has 0 heterocycles. The summed E-state index contributed by atoms with van der Waals surface area (Å²) in [4.78, 5) is 0. The van der Waals surface area contributed by atoms with Crippen molar-refractivity contribution in [2.24, 2.45) is 0 Å². The summed E-state index contributed by atoms with van der Waals surface area (Å²) in [6.07, 6.45) is 0. The van der Waals surface area contributed by atoms with E-state index in [0.29, 0.717) is 0 Å². The van der Waals surface area contributed by atoms with Crippen LogP contribution in [0.25, 0.3) is 65.7 Å². The van der Waals surface area contributed by atoms with Crippen LogP contribution in [-0.2, 0) is 0 Å². The topological polar surface area (TPSA) is 0 Å². The number of rotatable bonds is 3. The van der Waals surface area contributed by atoms with Crippen LogP contribution in [0.1, 0.15) is 22.3 Å². The Labute approximate surface area is 236 Å². The van der Waals surface area contributed by atoms with Gasteiger partial charge in [-0.3, -0.25) is 0 Å². The summed E-state index contributed by atoms with van der Waals surface area (Å²) in [5.74, 6) is 0. The zero-order valence-corrected chi connectivity index (χ0v) is 23.5. The van der Waals surface area contributed by atoms with Crippen LogP contribution >= 0.6 is 0 Å². The third kappa shape index (κ3) is 4.08. The Hall–Kier alpha value is -4.68. The molecule has 0 N–H and O–H groups in total. The molecule has 0 aromatic heterocycles. The summed E-state index contributed by atoms with van der Waals surface area (Å²) in [6, 6.07) is 45.3. The molecule has 0 fully saturated rings. The first-order valence-electron chi connectivity index (χ1n) is 14.1. The van der Waals surface area contributed by atoms with E-state index >= 15 is 0 Å². The van der Waals surface area contributed by atoms with Crippen molar-refractivity contribution in [3.8, 4) is 33.4 Å². The normalized spacial score (nSPS) is 11.5. The summed E-state index contributed by atoms with van der Waals surface area (Å²) >= 11 is 0. The number of aryl methyl sites for hydroxylation is 4. The van der Waals surface area contributed by atoms with Crippen molar-refractivity contribution >= 4 is 32.3 Å². The van der Waals surface area contributed by atoms with Gasteiger partial charge in [0.05, 0.1) is 0 Å². The van der Waals surface area contributed by atoms with Gasteiger partial charge in [-0.2, -0.15) is 0 Å². The highest BCUT2D eigenvalue weighted by molar-refractivity contribution is 6.21. The standard InChI is InChI=1S/C40H32/c1-25-18-26(2)21-30(20-25)33-13-8-16-36-38(33)24-39-34(31-22-27(3)19-28(4)23-31)14-9-17-37(39)40(36)35-15-7-11-29-10-5-6-12-32(29)35/h5-24H,1-4H3. The number of hydrogen-bond donors (Lipinski definition) is 0. The van der Waals surface area contributed by atoms with Crippen LogP contribution in [0.4, 0.5) is 0 Å². The van der Waals surface area contributed by atoms with E-state index < -0.39 is 0 Å². The lowest BCUT2D eigenvalue weighted by atomic mass is 9.84. The zero-order chi connectivity index (χ0) is 27.4. The fourth-order valence-corrected chi connectivity index (χ4v) is 6.66. The lowest BCUT2D eigenvalue weighted by Crippen LogP contribution is -1.92. The SMILES string of the molecule is Cc1cc(C)cc(-c2cccc3c(-c4cccc5ccccc45)c4cccc(-c5cc(C)cc(C)c5)c4cc23)c1. The maximum absolute atomic E-state index is 2.44. The van der Waals surface area contributed by atoms with Crippen molar-refractivity contribution in [1.29, 1.82) is 0 Å². The van der Waals surface area contributed by atoms with Gasteiger partial charge in [0.25, 0.3) is 0 Å². The Morgan fingerprint density at radius 1 is 0.325 bits per heavy atom. The molecule has 0 aliphatic rings. The van der Waals surface area contributed by atoms with Gasteiger partial charge in [-0.05, 0) is 99.5 Å². The van der Waals surface area contributed by atoms with Gasteiger partial charge in [-0.1, -0.05) is 138 Å². The summed E-state index contributed by atoms with van der Waals surface area (Å²) in [7, 11) is 0. The van der Waals surface area contributed by atoms with Crippen LogP contribution in [-0.4, -0.2) is 0 Å². The number of fused-ring (bicyclic) bond motifs is 3. The minimum atomic E-state index is 1.26. The fraction of sp³-hybridized carbons (Fsp3) is 0.100. The monoisotopic (exact) mass is 512 g/mol. The third-order valence-electron chi connectivity index (χ3n) is 8.16. The maximum Gasteiger partial charge on any atom is -0.00201 e. The first-order valence-corrected chi connectivity index (χ1v) is 14.1. The summed E-state index contributed by atoms with van der Waals surface area (Å²) in [5.41, 5.74) is 12.9. The fourth-order valence-electron chi connectivity index (χ4n) is 6.66. The van der Waals surface area contributed by atoms with Gasteiger partial charge < -0.3 is 0 Å². The van der Waals surface area contributed by atoms with Gasteiger partial charge in [0, 0.05) is 0 Å². The van der Waals surface area contributed by atoms with Crippen molar-refractivity contribution in [2.75, 3.05) is 0 Å². The number of benzene rings is 7. The molecule has 192 valence electrons. The average Bonchev–Trinajstić information content (AvgIpc) is 2.94. The Bertz CT molecular complexity index is 1940. The second-order valence-corrected chi connectivity index (χ2v) is 11.3. The largest absolute Gasteiger partial charge is 0.0616 e. The Kier molecular flexibility index (Phi) is 5.79. The van der Waals surface area contributed by atoms with Crippen LogP contribution in [0.15, 0.2) is 121 Å². The van der Waals surface area contributed by atoms with Crippen molar-refractivity contribution < 1.29 is 0 Å². The van der Waals surface area contributed by atoms with Crippen LogP contribution < -0.4 is 0 Å². The Morgan fingerprint density at radius 3 is 1.30 bits per heavy atom. The predicted octanol–water partition coefficient (Wildman–Crippen LogP) is 11.4. The molecule has 0 atom stereocenters. The molecule has 0 radical (unpaired) electrons. The maximum atomic E-state index is 2.44. The molecular formula is C40H32. The van der Waals surface area contributed by atoms with Crippen molar-refractivity contribution in [1.82, 2.24) is 0 Å². The summed E-state index contributed by atoms with van der Waals surface area (Å²) in [5, 5.41) is 7.71. The molecule has 0 nitrogen and oxygen atoms in total. The number of hydrogen-bond acceptors (Lipinski definition) is 0. The minimum absolute atomic E-state index is 1.26. The molecule has 40 heavy (non-hydrogen) atoms. The van der Waals surface area contributed by atoms with Gasteiger partial charge in [-0.15, -0.1) is 0 Å². The predicted molar refractivity (Wildman–Crippen MR) is 174 cm³/mol. The van der Waals surface area contributed by atoms with Gasteiger partial charge >= 0.3 is 0 Å². The van der Waals surface area contributed by atoms with Gasteiger partial charge in [0.15, 0.2) is 0 Å². The highest BCUT2D eigenvalue weighted by Crippen LogP contribution is 2.45.